The number of aliphatic hydroxyl groups is 1. The predicted molar refractivity (Wildman–Crippen MR) is 103 cm³/mol. The lowest BCUT2D eigenvalue weighted by Gasteiger charge is -2.25. The summed E-state index contributed by atoms with van der Waals surface area (Å²) < 4.78 is 1.95. The molecule has 136 valence electrons. The zero-order valence-corrected chi connectivity index (χ0v) is 15.6. The van der Waals surface area contributed by atoms with Gasteiger partial charge in [-0.1, -0.05) is 19.3 Å². The standard InChI is InChI=1S/C21H26N4O/c1-3-25-21-17(12-23-25)19(16-9-14(2)10-22-11-16)18(13-26)20(24-21)15-7-5-4-6-8-15/h9-12,15,26H,3-8,13H2,1-2H3. The molecule has 26 heavy (non-hydrogen) atoms. The van der Waals surface area contributed by atoms with Gasteiger partial charge < -0.3 is 5.11 Å². The van der Waals surface area contributed by atoms with E-state index in [2.05, 4.69) is 23.1 Å². The quantitative estimate of drug-likeness (QED) is 0.759. The molecule has 1 aliphatic carbocycles. The van der Waals surface area contributed by atoms with Crippen LogP contribution in [-0.4, -0.2) is 24.9 Å². The molecule has 5 nitrogen and oxygen atoms in total. The monoisotopic (exact) mass is 350 g/mol. The Bertz CT molecular complexity index is 925. The van der Waals surface area contributed by atoms with Crippen LogP contribution >= 0.6 is 0 Å². The average molecular weight is 350 g/mol. The number of pyridine rings is 2. The molecule has 3 aromatic rings. The zero-order valence-electron chi connectivity index (χ0n) is 15.6. The summed E-state index contributed by atoms with van der Waals surface area (Å²) in [7, 11) is 0. The van der Waals surface area contributed by atoms with Gasteiger partial charge >= 0.3 is 0 Å². The molecule has 0 bridgehead atoms. The molecule has 1 N–H and O–H groups in total. The maximum Gasteiger partial charge on any atom is 0.158 e. The number of aromatic nitrogens is 4. The van der Waals surface area contributed by atoms with Crippen molar-refractivity contribution in [2.24, 2.45) is 0 Å². The zero-order chi connectivity index (χ0) is 18.1. The summed E-state index contributed by atoms with van der Waals surface area (Å²) in [6, 6.07) is 2.13. The highest BCUT2D eigenvalue weighted by atomic mass is 16.3. The van der Waals surface area contributed by atoms with E-state index in [0.717, 1.165) is 58.4 Å². The van der Waals surface area contributed by atoms with Gasteiger partial charge in [0, 0.05) is 46.9 Å². The molecule has 5 heteroatoms. The molecule has 0 amide bonds. The van der Waals surface area contributed by atoms with Gasteiger partial charge in [0.25, 0.3) is 0 Å². The van der Waals surface area contributed by atoms with E-state index in [-0.39, 0.29) is 6.61 Å². The number of nitrogens with zero attached hydrogens (tertiary/aromatic N) is 4. The molecule has 0 unspecified atom stereocenters. The van der Waals surface area contributed by atoms with Crippen molar-refractivity contribution < 1.29 is 5.11 Å². The van der Waals surface area contributed by atoms with Gasteiger partial charge in [-0.15, -0.1) is 0 Å². The third-order valence-corrected chi connectivity index (χ3v) is 5.53. The summed E-state index contributed by atoms with van der Waals surface area (Å²) in [5.74, 6) is 0.423. The Kier molecular flexibility index (Phi) is 4.72. The molecule has 4 rings (SSSR count). The Morgan fingerprint density at radius 3 is 2.65 bits per heavy atom. The highest BCUT2D eigenvalue weighted by Crippen LogP contribution is 2.40. The Balaban J connectivity index is 2.02. The maximum atomic E-state index is 10.3. The van der Waals surface area contributed by atoms with Crippen LogP contribution in [-0.2, 0) is 13.2 Å². The van der Waals surface area contributed by atoms with Crippen LogP contribution in [0.3, 0.4) is 0 Å². The summed E-state index contributed by atoms with van der Waals surface area (Å²) >= 11 is 0. The van der Waals surface area contributed by atoms with Gasteiger partial charge in [0.2, 0.25) is 0 Å². The molecule has 1 aliphatic rings. The summed E-state index contributed by atoms with van der Waals surface area (Å²) in [4.78, 5) is 9.41. The predicted octanol–water partition coefficient (Wildman–Crippen LogP) is 4.36. The van der Waals surface area contributed by atoms with E-state index in [0.29, 0.717) is 5.92 Å². The molecule has 1 saturated carbocycles. The Morgan fingerprint density at radius 1 is 1.15 bits per heavy atom. The lowest BCUT2D eigenvalue weighted by Crippen LogP contribution is -2.12. The number of hydrogen-bond donors (Lipinski definition) is 1. The van der Waals surface area contributed by atoms with E-state index in [4.69, 9.17) is 4.98 Å². The first-order chi connectivity index (χ1) is 12.7. The molecule has 1 fully saturated rings. The van der Waals surface area contributed by atoms with Crippen LogP contribution in [0.2, 0.25) is 0 Å². The van der Waals surface area contributed by atoms with Crippen LogP contribution in [0.5, 0.6) is 0 Å². The highest BCUT2D eigenvalue weighted by molar-refractivity contribution is 5.95. The van der Waals surface area contributed by atoms with Gasteiger partial charge in [0.05, 0.1) is 18.5 Å². The molecule has 0 atom stereocenters. The minimum absolute atomic E-state index is 0.00461. The number of rotatable bonds is 4. The van der Waals surface area contributed by atoms with E-state index in [9.17, 15) is 5.11 Å². The third-order valence-electron chi connectivity index (χ3n) is 5.53. The number of aliphatic hydroxyl groups excluding tert-OH is 1. The van der Waals surface area contributed by atoms with Crippen molar-refractivity contribution >= 4 is 11.0 Å². The van der Waals surface area contributed by atoms with Crippen molar-refractivity contribution in [1.29, 1.82) is 0 Å². The summed E-state index contributed by atoms with van der Waals surface area (Å²) in [6.45, 7) is 4.91. The van der Waals surface area contributed by atoms with Crippen molar-refractivity contribution in [3.63, 3.8) is 0 Å². The Labute approximate surface area is 154 Å². The first-order valence-corrected chi connectivity index (χ1v) is 9.64. The minimum atomic E-state index is -0.00461. The van der Waals surface area contributed by atoms with Crippen molar-refractivity contribution in [1.82, 2.24) is 19.7 Å². The summed E-state index contributed by atoms with van der Waals surface area (Å²) in [5, 5.41) is 15.8. The molecular formula is C21H26N4O. The third kappa shape index (κ3) is 2.90. The fourth-order valence-corrected chi connectivity index (χ4v) is 4.27. The molecule has 0 aliphatic heterocycles. The van der Waals surface area contributed by atoms with Gasteiger partial charge in [-0.3, -0.25) is 4.98 Å². The molecule has 0 aromatic carbocycles. The first kappa shape index (κ1) is 17.2. The van der Waals surface area contributed by atoms with Crippen molar-refractivity contribution in [2.75, 3.05) is 0 Å². The van der Waals surface area contributed by atoms with Crippen LogP contribution in [0.15, 0.2) is 24.7 Å². The van der Waals surface area contributed by atoms with Crippen LogP contribution < -0.4 is 0 Å². The first-order valence-electron chi connectivity index (χ1n) is 9.64. The largest absolute Gasteiger partial charge is 0.392 e. The lowest BCUT2D eigenvalue weighted by atomic mass is 9.83. The second kappa shape index (κ2) is 7.16. The lowest BCUT2D eigenvalue weighted by molar-refractivity contribution is 0.278. The maximum absolute atomic E-state index is 10.3. The van der Waals surface area contributed by atoms with E-state index < -0.39 is 0 Å². The average Bonchev–Trinajstić information content (AvgIpc) is 3.09. The molecule has 0 radical (unpaired) electrons. The molecule has 3 heterocycles. The number of hydrogen-bond acceptors (Lipinski definition) is 4. The van der Waals surface area contributed by atoms with Crippen LogP contribution in [0, 0.1) is 6.92 Å². The van der Waals surface area contributed by atoms with Crippen molar-refractivity contribution in [2.45, 2.75) is 65.0 Å². The second-order valence-electron chi connectivity index (χ2n) is 7.29. The molecular weight excluding hydrogens is 324 g/mol. The molecule has 3 aromatic heterocycles. The Morgan fingerprint density at radius 2 is 1.96 bits per heavy atom. The van der Waals surface area contributed by atoms with Crippen LogP contribution in [0.1, 0.15) is 61.8 Å². The minimum Gasteiger partial charge on any atom is -0.392 e. The molecule has 0 saturated heterocycles. The van der Waals surface area contributed by atoms with Crippen LogP contribution in [0.4, 0.5) is 0 Å². The Hall–Kier alpha value is -2.27. The van der Waals surface area contributed by atoms with Gasteiger partial charge in [0.1, 0.15) is 0 Å². The smallest absolute Gasteiger partial charge is 0.158 e. The molecule has 0 spiro atoms. The topological polar surface area (TPSA) is 63.8 Å². The van der Waals surface area contributed by atoms with Gasteiger partial charge in [-0.25, -0.2) is 9.67 Å². The number of aryl methyl sites for hydroxylation is 2. The second-order valence-corrected chi connectivity index (χ2v) is 7.29. The fraction of sp³-hybridized carbons (Fsp3) is 0.476. The van der Waals surface area contributed by atoms with E-state index in [1.54, 1.807) is 0 Å². The fourth-order valence-electron chi connectivity index (χ4n) is 4.27. The highest BCUT2D eigenvalue weighted by Gasteiger charge is 2.25. The summed E-state index contributed by atoms with van der Waals surface area (Å²) in [6.07, 6.45) is 11.7. The number of fused-ring (bicyclic) bond motifs is 1. The van der Waals surface area contributed by atoms with Gasteiger partial charge in [0.15, 0.2) is 5.65 Å². The van der Waals surface area contributed by atoms with Crippen molar-refractivity contribution in [3.05, 3.63) is 41.5 Å². The van der Waals surface area contributed by atoms with Gasteiger partial charge in [-0.05, 0) is 38.3 Å². The van der Waals surface area contributed by atoms with E-state index in [1.807, 2.05) is 30.2 Å². The normalized spacial score (nSPS) is 15.7. The summed E-state index contributed by atoms with van der Waals surface area (Å²) in [5.41, 5.74) is 6.13. The van der Waals surface area contributed by atoms with E-state index >= 15 is 0 Å². The van der Waals surface area contributed by atoms with Crippen LogP contribution in [0.25, 0.3) is 22.2 Å². The van der Waals surface area contributed by atoms with Gasteiger partial charge in [-0.2, -0.15) is 5.10 Å². The SMILES string of the molecule is CCn1ncc2c(-c3cncc(C)c3)c(CO)c(C3CCCCC3)nc21. The van der Waals surface area contributed by atoms with Crippen molar-refractivity contribution in [3.8, 4) is 11.1 Å². The van der Waals surface area contributed by atoms with E-state index in [1.165, 1.54) is 19.3 Å².